The molecule has 0 bridgehead atoms. The van der Waals surface area contributed by atoms with Crippen molar-refractivity contribution in [2.24, 2.45) is 5.41 Å². The predicted octanol–water partition coefficient (Wildman–Crippen LogP) is 1.55. The van der Waals surface area contributed by atoms with Crippen LogP contribution in [0.15, 0.2) is 12.1 Å². The first-order valence-electron chi connectivity index (χ1n) is 5.61. The average Bonchev–Trinajstić information content (AvgIpc) is 2.73. The minimum Gasteiger partial charge on any atom is -0.481 e. The van der Waals surface area contributed by atoms with E-state index in [1.54, 1.807) is 12.1 Å². The van der Waals surface area contributed by atoms with Crippen molar-refractivity contribution < 1.29 is 19.5 Å². The summed E-state index contributed by atoms with van der Waals surface area (Å²) >= 11 is 1.14. The Kier molecular flexibility index (Phi) is 4.66. The van der Waals surface area contributed by atoms with Gasteiger partial charge in [0.25, 0.3) is 5.91 Å². The number of hydrogen-bond donors (Lipinski definition) is 3. The molecule has 0 aliphatic rings. The monoisotopic (exact) mass is 284 g/mol. The van der Waals surface area contributed by atoms with Crippen molar-refractivity contribution in [3.05, 3.63) is 17.0 Å². The van der Waals surface area contributed by atoms with E-state index in [-0.39, 0.29) is 18.4 Å². The second kappa shape index (κ2) is 5.83. The highest BCUT2D eigenvalue weighted by atomic mass is 32.1. The lowest BCUT2D eigenvalue weighted by Crippen LogP contribution is -2.38. The maximum absolute atomic E-state index is 11.8. The molecule has 1 heterocycles. The number of carboxylic acids is 1. The van der Waals surface area contributed by atoms with Crippen molar-refractivity contribution >= 4 is 34.1 Å². The Morgan fingerprint density at radius 1 is 1.32 bits per heavy atom. The van der Waals surface area contributed by atoms with Gasteiger partial charge in [-0.05, 0) is 26.0 Å². The highest BCUT2D eigenvalue weighted by molar-refractivity contribution is 7.18. The fourth-order valence-corrected chi connectivity index (χ4v) is 2.03. The van der Waals surface area contributed by atoms with Crippen molar-refractivity contribution in [3.63, 3.8) is 0 Å². The Balaban J connectivity index is 2.61. The SMILES string of the molecule is CC(=O)Nc1ccc(C(=O)NCC(C)(C)C(=O)O)s1. The van der Waals surface area contributed by atoms with Crippen LogP contribution in [0.1, 0.15) is 30.4 Å². The molecule has 0 fully saturated rings. The number of carboxylic acid groups (broad SMARTS) is 1. The molecule has 104 valence electrons. The molecule has 0 atom stereocenters. The molecule has 7 heteroatoms. The van der Waals surface area contributed by atoms with Gasteiger partial charge in [-0.15, -0.1) is 11.3 Å². The number of carbonyl (C=O) groups excluding carboxylic acids is 2. The van der Waals surface area contributed by atoms with E-state index < -0.39 is 11.4 Å². The van der Waals surface area contributed by atoms with Gasteiger partial charge in [-0.3, -0.25) is 14.4 Å². The maximum atomic E-state index is 11.8. The van der Waals surface area contributed by atoms with E-state index in [1.165, 1.54) is 20.8 Å². The van der Waals surface area contributed by atoms with Gasteiger partial charge in [0.1, 0.15) is 0 Å². The molecule has 0 saturated heterocycles. The lowest BCUT2D eigenvalue weighted by atomic mass is 9.94. The van der Waals surface area contributed by atoms with Crippen molar-refractivity contribution in [2.45, 2.75) is 20.8 Å². The third-order valence-electron chi connectivity index (χ3n) is 2.40. The number of hydrogen-bond acceptors (Lipinski definition) is 4. The lowest BCUT2D eigenvalue weighted by Gasteiger charge is -2.19. The summed E-state index contributed by atoms with van der Waals surface area (Å²) in [6, 6.07) is 3.21. The number of rotatable bonds is 5. The lowest BCUT2D eigenvalue weighted by molar-refractivity contribution is -0.146. The van der Waals surface area contributed by atoms with Crippen LogP contribution in [-0.2, 0) is 9.59 Å². The van der Waals surface area contributed by atoms with E-state index in [9.17, 15) is 14.4 Å². The van der Waals surface area contributed by atoms with Crippen LogP contribution in [0.4, 0.5) is 5.00 Å². The van der Waals surface area contributed by atoms with Gasteiger partial charge in [0.15, 0.2) is 0 Å². The second-order valence-electron chi connectivity index (χ2n) is 4.72. The van der Waals surface area contributed by atoms with Crippen LogP contribution in [0.2, 0.25) is 0 Å². The van der Waals surface area contributed by atoms with Crippen LogP contribution in [0.25, 0.3) is 0 Å². The molecule has 0 spiro atoms. The highest BCUT2D eigenvalue weighted by Gasteiger charge is 2.27. The predicted molar refractivity (Wildman–Crippen MR) is 72.4 cm³/mol. The summed E-state index contributed by atoms with van der Waals surface area (Å²) in [5.41, 5.74) is -1.02. The average molecular weight is 284 g/mol. The van der Waals surface area contributed by atoms with E-state index in [4.69, 9.17) is 5.11 Å². The normalized spacial score (nSPS) is 10.9. The standard InChI is InChI=1S/C12H16N2O4S/c1-7(15)14-9-5-4-8(19-9)10(16)13-6-12(2,3)11(17)18/h4-5H,6H2,1-3H3,(H,13,16)(H,14,15)(H,17,18). The van der Waals surface area contributed by atoms with Crippen molar-refractivity contribution in [1.82, 2.24) is 5.32 Å². The first kappa shape index (κ1) is 15.2. The zero-order valence-corrected chi connectivity index (χ0v) is 11.8. The van der Waals surface area contributed by atoms with E-state index in [2.05, 4.69) is 10.6 Å². The summed E-state index contributed by atoms with van der Waals surface area (Å²) in [5.74, 6) is -1.53. The molecule has 3 N–H and O–H groups in total. The minimum atomic E-state index is -1.02. The van der Waals surface area contributed by atoms with Crippen molar-refractivity contribution in [3.8, 4) is 0 Å². The smallest absolute Gasteiger partial charge is 0.310 e. The molecule has 0 aliphatic carbocycles. The van der Waals surface area contributed by atoms with Crippen LogP contribution in [0.3, 0.4) is 0 Å². The van der Waals surface area contributed by atoms with Crippen LogP contribution < -0.4 is 10.6 Å². The number of carbonyl (C=O) groups is 3. The fourth-order valence-electron chi connectivity index (χ4n) is 1.16. The van der Waals surface area contributed by atoms with E-state index in [1.807, 2.05) is 0 Å². The Bertz CT molecular complexity index is 508. The van der Waals surface area contributed by atoms with Crippen LogP contribution >= 0.6 is 11.3 Å². The zero-order valence-electron chi connectivity index (χ0n) is 10.9. The maximum Gasteiger partial charge on any atom is 0.310 e. The summed E-state index contributed by atoms with van der Waals surface area (Å²) in [5, 5.41) is 14.7. The quantitative estimate of drug-likeness (QED) is 0.764. The number of amides is 2. The largest absolute Gasteiger partial charge is 0.481 e. The van der Waals surface area contributed by atoms with Gasteiger partial charge < -0.3 is 15.7 Å². The molecule has 1 aromatic rings. The van der Waals surface area contributed by atoms with Crippen LogP contribution in [-0.4, -0.2) is 29.4 Å². The first-order chi connectivity index (χ1) is 8.72. The van der Waals surface area contributed by atoms with E-state index >= 15 is 0 Å². The first-order valence-corrected chi connectivity index (χ1v) is 6.43. The van der Waals surface area contributed by atoms with Gasteiger partial charge in [0, 0.05) is 13.5 Å². The molecular formula is C12H16N2O4S. The topological polar surface area (TPSA) is 95.5 Å². The molecule has 0 saturated carbocycles. The van der Waals surface area contributed by atoms with Gasteiger partial charge in [-0.1, -0.05) is 0 Å². The van der Waals surface area contributed by atoms with Gasteiger partial charge in [0.05, 0.1) is 15.3 Å². The summed E-state index contributed by atoms with van der Waals surface area (Å²) in [6.07, 6.45) is 0. The molecule has 0 aromatic carbocycles. The van der Waals surface area contributed by atoms with E-state index in [0.717, 1.165) is 11.3 Å². The molecule has 1 aromatic heterocycles. The molecule has 2 amide bonds. The van der Waals surface area contributed by atoms with Crippen LogP contribution in [0, 0.1) is 5.41 Å². The van der Waals surface area contributed by atoms with Gasteiger partial charge >= 0.3 is 5.97 Å². The summed E-state index contributed by atoms with van der Waals surface area (Å²) in [6.45, 7) is 4.49. The number of thiophene rings is 1. The molecule has 0 aliphatic heterocycles. The third kappa shape index (κ3) is 4.36. The molecule has 0 unspecified atom stereocenters. The summed E-state index contributed by atoms with van der Waals surface area (Å²) in [4.78, 5) is 34.0. The van der Waals surface area contributed by atoms with Gasteiger partial charge in [0.2, 0.25) is 5.91 Å². The Morgan fingerprint density at radius 3 is 2.47 bits per heavy atom. The van der Waals surface area contributed by atoms with Crippen molar-refractivity contribution in [2.75, 3.05) is 11.9 Å². The molecule has 1 rings (SSSR count). The second-order valence-corrected chi connectivity index (χ2v) is 5.80. The number of nitrogens with one attached hydrogen (secondary N) is 2. The van der Waals surface area contributed by atoms with Crippen LogP contribution in [0.5, 0.6) is 0 Å². The summed E-state index contributed by atoms with van der Waals surface area (Å²) in [7, 11) is 0. The Labute approximate surface area is 114 Å². The Morgan fingerprint density at radius 2 is 1.95 bits per heavy atom. The zero-order chi connectivity index (χ0) is 14.6. The van der Waals surface area contributed by atoms with Gasteiger partial charge in [-0.2, -0.15) is 0 Å². The van der Waals surface area contributed by atoms with Crippen molar-refractivity contribution in [1.29, 1.82) is 0 Å². The minimum absolute atomic E-state index is 0.0362. The third-order valence-corrected chi connectivity index (χ3v) is 3.40. The number of aliphatic carboxylic acids is 1. The van der Waals surface area contributed by atoms with E-state index in [0.29, 0.717) is 9.88 Å². The number of anilines is 1. The fraction of sp³-hybridized carbons (Fsp3) is 0.417. The Hall–Kier alpha value is -1.89. The molecule has 19 heavy (non-hydrogen) atoms. The molecular weight excluding hydrogens is 268 g/mol. The summed E-state index contributed by atoms with van der Waals surface area (Å²) < 4.78 is 0. The molecule has 0 radical (unpaired) electrons. The molecule has 6 nitrogen and oxygen atoms in total. The van der Waals surface area contributed by atoms with Gasteiger partial charge in [-0.25, -0.2) is 0 Å². The highest BCUT2D eigenvalue weighted by Crippen LogP contribution is 2.22.